The van der Waals surface area contributed by atoms with E-state index < -0.39 is 9.84 Å². The van der Waals surface area contributed by atoms with Crippen LogP contribution < -0.4 is 5.46 Å². The molecule has 4 heteroatoms. The van der Waals surface area contributed by atoms with Crippen LogP contribution >= 0.6 is 0 Å². The van der Waals surface area contributed by atoms with Gasteiger partial charge in [-0.2, -0.15) is 0 Å². The first kappa shape index (κ1) is 17.5. The average Bonchev–Trinajstić information content (AvgIpc) is 2.71. The first-order valence-corrected chi connectivity index (χ1v) is 8.74. The lowest BCUT2D eigenvalue weighted by Gasteiger charge is -1.99. The second-order valence-electron chi connectivity index (χ2n) is 4.26. The number of sulfone groups is 1. The molecule has 0 amide bonds. The Balaban J connectivity index is 0.000000510. The summed E-state index contributed by atoms with van der Waals surface area (Å²) in [7, 11) is 2.26. The molecule has 1 aliphatic rings. The van der Waals surface area contributed by atoms with Gasteiger partial charge in [-0.3, -0.25) is 0 Å². The first-order valence-electron chi connectivity index (χ1n) is 7.26. The van der Waals surface area contributed by atoms with E-state index in [1.54, 1.807) is 18.2 Å². The summed E-state index contributed by atoms with van der Waals surface area (Å²) in [5.41, 5.74) is 2.92. The fraction of sp³-hybridized carbons (Fsp3) is 0.294. The molecule has 1 aliphatic heterocycles. The van der Waals surface area contributed by atoms with Gasteiger partial charge in [0, 0.05) is 11.1 Å². The van der Waals surface area contributed by atoms with Crippen molar-refractivity contribution >= 4 is 23.1 Å². The molecule has 1 heterocycles. The Kier molecular flexibility index (Phi) is 5.79. The summed E-state index contributed by atoms with van der Waals surface area (Å²) in [6, 6.07) is 10.5. The quantitative estimate of drug-likeness (QED) is 0.594. The largest absolute Gasteiger partial charge is 0.218 e. The lowest BCUT2D eigenvalue weighted by molar-refractivity contribution is 0.598. The molecule has 0 fully saturated rings. The Labute approximate surface area is 129 Å². The van der Waals surface area contributed by atoms with Crippen molar-refractivity contribution in [1.29, 1.82) is 0 Å². The summed E-state index contributed by atoms with van der Waals surface area (Å²) in [5, 5.41) is 0. The SMILES string of the molecule is CC.CC.[B]c1ccc2c(c1)S(=O)(=O)c1cc(C)ccc1-2. The minimum atomic E-state index is -3.39. The molecule has 0 atom stereocenters. The van der Waals surface area contributed by atoms with Crippen molar-refractivity contribution in [2.45, 2.75) is 44.4 Å². The third-order valence-electron chi connectivity index (χ3n) is 3.01. The van der Waals surface area contributed by atoms with E-state index in [9.17, 15) is 8.42 Å². The highest BCUT2D eigenvalue weighted by molar-refractivity contribution is 7.92. The predicted octanol–water partition coefficient (Wildman–Crippen LogP) is 3.65. The summed E-state index contributed by atoms with van der Waals surface area (Å²) >= 11 is 0. The molecule has 2 aromatic carbocycles. The lowest BCUT2D eigenvalue weighted by Crippen LogP contribution is -2.05. The van der Waals surface area contributed by atoms with E-state index in [2.05, 4.69) is 0 Å². The monoisotopic (exact) mass is 300 g/mol. The molecular weight excluding hydrogens is 279 g/mol. The van der Waals surface area contributed by atoms with Gasteiger partial charge in [0.2, 0.25) is 9.84 Å². The molecule has 21 heavy (non-hydrogen) atoms. The fourth-order valence-corrected chi connectivity index (χ4v) is 3.98. The molecule has 2 radical (unpaired) electrons. The van der Waals surface area contributed by atoms with Crippen molar-refractivity contribution in [2.75, 3.05) is 0 Å². The van der Waals surface area contributed by atoms with Gasteiger partial charge in [0.25, 0.3) is 0 Å². The number of fused-ring (bicyclic) bond motifs is 3. The van der Waals surface area contributed by atoms with Crippen LogP contribution in [0.1, 0.15) is 33.3 Å². The van der Waals surface area contributed by atoms with Crippen LogP contribution in [0.15, 0.2) is 46.2 Å². The van der Waals surface area contributed by atoms with Gasteiger partial charge in [-0.05, 0) is 24.6 Å². The maximum absolute atomic E-state index is 12.3. The van der Waals surface area contributed by atoms with Crippen LogP contribution in [0.5, 0.6) is 0 Å². The zero-order chi connectivity index (χ0) is 16.2. The summed E-state index contributed by atoms with van der Waals surface area (Å²) in [6.45, 7) is 9.88. The molecular formula is C17H21BO2S. The molecule has 0 aromatic heterocycles. The van der Waals surface area contributed by atoms with Crippen LogP contribution in [0.25, 0.3) is 11.1 Å². The summed E-state index contributed by atoms with van der Waals surface area (Å²) in [4.78, 5) is 0.705. The van der Waals surface area contributed by atoms with Crippen molar-refractivity contribution in [3.8, 4) is 11.1 Å². The topological polar surface area (TPSA) is 34.1 Å². The van der Waals surface area contributed by atoms with Gasteiger partial charge in [-0.25, -0.2) is 8.42 Å². The third kappa shape index (κ3) is 3.05. The van der Waals surface area contributed by atoms with Crippen molar-refractivity contribution in [3.05, 3.63) is 42.0 Å². The number of aryl methyl sites for hydroxylation is 1. The Bertz CT molecular complexity index is 677. The van der Waals surface area contributed by atoms with Gasteiger partial charge in [0.15, 0.2) is 0 Å². The minimum absolute atomic E-state index is 0.318. The van der Waals surface area contributed by atoms with Gasteiger partial charge >= 0.3 is 0 Å². The number of rotatable bonds is 0. The smallest absolute Gasteiger partial charge is 0.207 e. The van der Waals surface area contributed by atoms with Crippen molar-refractivity contribution in [3.63, 3.8) is 0 Å². The normalized spacial score (nSPS) is 13.0. The summed E-state index contributed by atoms with van der Waals surface area (Å²) in [6.07, 6.45) is 0. The van der Waals surface area contributed by atoms with E-state index in [-0.39, 0.29) is 0 Å². The standard InChI is InChI=1S/C13H9BO2S.2C2H6/c1-8-2-4-10-11-5-3-9(14)7-13(11)17(15,16)12(10)6-8;2*1-2/h2-7H,1H3;2*1-2H3. The molecule has 0 unspecified atom stereocenters. The van der Waals surface area contributed by atoms with Crippen LogP contribution in [0, 0.1) is 6.92 Å². The van der Waals surface area contributed by atoms with Crippen LogP contribution in [0.3, 0.4) is 0 Å². The van der Waals surface area contributed by atoms with Crippen LogP contribution in [0.4, 0.5) is 0 Å². The molecule has 0 N–H and O–H groups in total. The van der Waals surface area contributed by atoms with Crippen molar-refractivity contribution < 1.29 is 8.42 Å². The van der Waals surface area contributed by atoms with E-state index in [0.717, 1.165) is 16.7 Å². The molecule has 0 bridgehead atoms. The molecule has 2 aromatic rings. The Morgan fingerprint density at radius 3 is 1.86 bits per heavy atom. The molecule has 0 spiro atoms. The second-order valence-corrected chi connectivity index (χ2v) is 6.15. The Hall–Kier alpha value is -1.55. The van der Waals surface area contributed by atoms with Crippen molar-refractivity contribution in [2.24, 2.45) is 0 Å². The number of hydrogen-bond acceptors (Lipinski definition) is 2. The second kappa shape index (κ2) is 6.94. The van der Waals surface area contributed by atoms with E-state index in [1.165, 1.54) is 6.07 Å². The predicted molar refractivity (Wildman–Crippen MR) is 90.2 cm³/mol. The van der Waals surface area contributed by atoms with Crippen LogP contribution in [-0.4, -0.2) is 16.3 Å². The Morgan fingerprint density at radius 1 is 0.810 bits per heavy atom. The fourth-order valence-electron chi connectivity index (χ4n) is 2.18. The maximum Gasteiger partial charge on any atom is 0.207 e. The van der Waals surface area contributed by atoms with E-state index in [1.807, 2.05) is 46.8 Å². The number of benzene rings is 2. The highest BCUT2D eigenvalue weighted by Gasteiger charge is 2.32. The third-order valence-corrected chi connectivity index (χ3v) is 4.85. The minimum Gasteiger partial charge on any atom is -0.218 e. The van der Waals surface area contributed by atoms with E-state index >= 15 is 0 Å². The zero-order valence-corrected chi connectivity index (χ0v) is 14.1. The lowest BCUT2D eigenvalue weighted by atomic mass is 9.93. The molecule has 3 rings (SSSR count). The van der Waals surface area contributed by atoms with Gasteiger partial charge in [-0.1, -0.05) is 57.4 Å². The van der Waals surface area contributed by atoms with Crippen LogP contribution in [0.2, 0.25) is 0 Å². The summed E-state index contributed by atoms with van der Waals surface area (Å²) in [5.74, 6) is 0. The van der Waals surface area contributed by atoms with Gasteiger partial charge in [-0.15, -0.1) is 0 Å². The average molecular weight is 300 g/mol. The van der Waals surface area contributed by atoms with E-state index in [4.69, 9.17) is 7.85 Å². The van der Waals surface area contributed by atoms with Gasteiger partial charge in [0.1, 0.15) is 7.85 Å². The first-order chi connectivity index (χ1) is 10.00. The highest BCUT2D eigenvalue weighted by atomic mass is 32.2. The Morgan fingerprint density at radius 2 is 1.29 bits per heavy atom. The molecule has 2 nitrogen and oxygen atoms in total. The highest BCUT2D eigenvalue weighted by Crippen LogP contribution is 2.42. The summed E-state index contributed by atoms with van der Waals surface area (Å²) < 4.78 is 24.6. The molecule has 0 saturated carbocycles. The molecule has 0 aliphatic carbocycles. The van der Waals surface area contributed by atoms with Gasteiger partial charge in [0.05, 0.1) is 9.79 Å². The number of hydrogen-bond donors (Lipinski definition) is 0. The van der Waals surface area contributed by atoms with Crippen LogP contribution in [-0.2, 0) is 9.84 Å². The zero-order valence-electron chi connectivity index (χ0n) is 13.3. The molecule has 0 saturated heterocycles. The van der Waals surface area contributed by atoms with E-state index in [0.29, 0.717) is 15.3 Å². The van der Waals surface area contributed by atoms with Crippen molar-refractivity contribution in [1.82, 2.24) is 0 Å². The maximum atomic E-state index is 12.3. The molecule has 110 valence electrons. The van der Waals surface area contributed by atoms with Gasteiger partial charge < -0.3 is 0 Å².